The van der Waals surface area contributed by atoms with Gasteiger partial charge in [0.1, 0.15) is 0 Å². The van der Waals surface area contributed by atoms with Gasteiger partial charge in [0.25, 0.3) is 0 Å². The third-order valence-electron chi connectivity index (χ3n) is 1.99. The highest BCUT2D eigenvalue weighted by atomic mass is 16.2. The molecule has 0 aromatic heterocycles. The van der Waals surface area contributed by atoms with Crippen molar-refractivity contribution in [2.45, 2.75) is 19.3 Å². The predicted octanol–water partition coefficient (Wildman–Crippen LogP) is 0.978. The lowest BCUT2D eigenvalue weighted by Crippen LogP contribution is -2.23. The first-order valence-corrected chi connectivity index (χ1v) is 3.85. The first kappa shape index (κ1) is 7.61. The van der Waals surface area contributed by atoms with E-state index in [1.54, 1.807) is 0 Å². The molecule has 2 nitrogen and oxygen atoms in total. The highest BCUT2D eigenvalue weighted by Gasteiger charge is 2.08. The molecule has 0 atom stereocenters. The number of likely N-dealkylation sites (tertiary alicyclic amines) is 1. The summed E-state index contributed by atoms with van der Waals surface area (Å²) < 4.78 is 0. The van der Waals surface area contributed by atoms with E-state index < -0.39 is 0 Å². The van der Waals surface area contributed by atoms with Crippen LogP contribution in [0.4, 0.5) is 0 Å². The molecule has 10 heavy (non-hydrogen) atoms. The zero-order valence-corrected chi connectivity index (χ0v) is 6.51. The lowest BCUT2D eigenvalue weighted by molar-refractivity contribution is 0.315. The number of hydrogen-bond donors (Lipinski definition) is 1. The molecule has 1 aliphatic heterocycles. The quantitative estimate of drug-likeness (QED) is 0.588. The van der Waals surface area contributed by atoms with E-state index in [2.05, 4.69) is 11.9 Å². The molecular weight excluding hydrogens is 126 g/mol. The molecule has 0 unspecified atom stereocenters. The highest BCUT2D eigenvalue weighted by molar-refractivity contribution is 5.02. The van der Waals surface area contributed by atoms with Gasteiger partial charge in [-0.3, -0.25) is 0 Å². The molecule has 2 heteroatoms. The van der Waals surface area contributed by atoms with Crippen LogP contribution in [0.5, 0.6) is 0 Å². The van der Waals surface area contributed by atoms with E-state index in [4.69, 9.17) is 5.11 Å². The topological polar surface area (TPSA) is 23.5 Å². The number of nitrogens with zero attached hydrogens (tertiary/aromatic N) is 1. The van der Waals surface area contributed by atoms with Crippen molar-refractivity contribution in [3.63, 3.8) is 0 Å². The van der Waals surface area contributed by atoms with Crippen molar-refractivity contribution in [1.82, 2.24) is 4.90 Å². The summed E-state index contributed by atoms with van der Waals surface area (Å²) >= 11 is 0. The lowest BCUT2D eigenvalue weighted by atomic mass is 10.1. The van der Waals surface area contributed by atoms with Gasteiger partial charge >= 0.3 is 0 Å². The van der Waals surface area contributed by atoms with Gasteiger partial charge in [0.05, 0.1) is 6.61 Å². The maximum absolute atomic E-state index is 8.63. The van der Waals surface area contributed by atoms with Gasteiger partial charge in [-0.05, 0) is 25.3 Å². The van der Waals surface area contributed by atoms with Crippen LogP contribution < -0.4 is 0 Å². The molecule has 0 aliphatic carbocycles. The van der Waals surface area contributed by atoms with Gasteiger partial charge in [0.15, 0.2) is 0 Å². The fraction of sp³-hybridized carbons (Fsp3) is 0.750. The molecule has 1 rings (SSSR count). The Morgan fingerprint density at radius 3 is 3.00 bits per heavy atom. The Labute approximate surface area is 62.2 Å². The zero-order chi connectivity index (χ0) is 7.40. The third-order valence-corrected chi connectivity index (χ3v) is 1.99. The van der Waals surface area contributed by atoms with Crippen molar-refractivity contribution in [3.8, 4) is 0 Å². The molecule has 0 bridgehead atoms. The third kappa shape index (κ3) is 1.74. The normalized spacial score (nSPS) is 23.8. The minimum absolute atomic E-state index is 0.180. The number of piperidine rings is 1. The minimum atomic E-state index is 0.180. The van der Waals surface area contributed by atoms with E-state index in [1.807, 2.05) is 6.08 Å². The maximum atomic E-state index is 8.63. The summed E-state index contributed by atoms with van der Waals surface area (Å²) in [6.07, 6.45) is 5.60. The number of hydrogen-bond acceptors (Lipinski definition) is 2. The van der Waals surface area contributed by atoms with Crippen molar-refractivity contribution in [3.05, 3.63) is 11.8 Å². The van der Waals surface area contributed by atoms with Gasteiger partial charge in [0, 0.05) is 19.3 Å². The molecule has 1 N–H and O–H groups in total. The van der Waals surface area contributed by atoms with Crippen LogP contribution in [0, 0.1) is 0 Å². The van der Waals surface area contributed by atoms with E-state index in [9.17, 15) is 0 Å². The van der Waals surface area contributed by atoms with Crippen LogP contribution >= 0.6 is 0 Å². The lowest BCUT2D eigenvalue weighted by Gasteiger charge is -2.27. The summed E-state index contributed by atoms with van der Waals surface area (Å²) in [5.41, 5.74) is 1.30. The largest absolute Gasteiger partial charge is 0.392 e. The smallest absolute Gasteiger partial charge is 0.0632 e. The second-order valence-corrected chi connectivity index (χ2v) is 2.76. The van der Waals surface area contributed by atoms with Crippen LogP contribution in [0.1, 0.15) is 19.3 Å². The van der Waals surface area contributed by atoms with Gasteiger partial charge in [-0.15, -0.1) is 0 Å². The Morgan fingerprint density at radius 2 is 2.40 bits per heavy atom. The van der Waals surface area contributed by atoms with Crippen LogP contribution in [-0.4, -0.2) is 30.2 Å². The molecular formula is C8H15NO. The Balaban J connectivity index is 2.47. The van der Waals surface area contributed by atoms with E-state index >= 15 is 0 Å². The molecule has 1 fully saturated rings. The van der Waals surface area contributed by atoms with Crippen LogP contribution in [0.3, 0.4) is 0 Å². The molecule has 58 valence electrons. The summed E-state index contributed by atoms with van der Waals surface area (Å²) in [5, 5.41) is 8.63. The van der Waals surface area contributed by atoms with Crippen molar-refractivity contribution in [2.75, 3.05) is 20.2 Å². The first-order valence-electron chi connectivity index (χ1n) is 3.85. The van der Waals surface area contributed by atoms with Crippen LogP contribution in [-0.2, 0) is 0 Å². The predicted molar refractivity (Wildman–Crippen MR) is 41.6 cm³/mol. The summed E-state index contributed by atoms with van der Waals surface area (Å²) in [7, 11) is 2.08. The van der Waals surface area contributed by atoms with Gasteiger partial charge < -0.3 is 10.0 Å². The monoisotopic (exact) mass is 141 g/mol. The van der Waals surface area contributed by atoms with Gasteiger partial charge in [-0.1, -0.05) is 0 Å². The summed E-state index contributed by atoms with van der Waals surface area (Å²) in [6, 6.07) is 0. The molecule has 0 saturated carbocycles. The van der Waals surface area contributed by atoms with Gasteiger partial charge in [-0.2, -0.15) is 0 Å². The van der Waals surface area contributed by atoms with Crippen LogP contribution in [0.25, 0.3) is 0 Å². The average Bonchev–Trinajstić information content (AvgIpc) is 1.94. The number of aliphatic hydroxyl groups is 1. The van der Waals surface area contributed by atoms with E-state index in [0.29, 0.717) is 0 Å². The average molecular weight is 141 g/mol. The molecule has 0 radical (unpaired) electrons. The van der Waals surface area contributed by atoms with Crippen molar-refractivity contribution in [1.29, 1.82) is 0 Å². The zero-order valence-electron chi connectivity index (χ0n) is 6.51. The van der Waals surface area contributed by atoms with Crippen molar-refractivity contribution in [2.24, 2.45) is 0 Å². The molecule has 0 aromatic rings. The second-order valence-electron chi connectivity index (χ2n) is 2.76. The molecule has 1 aliphatic rings. The van der Waals surface area contributed by atoms with Crippen LogP contribution in [0.2, 0.25) is 0 Å². The number of allylic oxidation sites excluding steroid dienone is 1. The number of aliphatic hydroxyl groups excluding tert-OH is 1. The van der Waals surface area contributed by atoms with E-state index in [0.717, 1.165) is 13.0 Å². The Kier molecular flexibility index (Phi) is 2.75. The van der Waals surface area contributed by atoms with Crippen molar-refractivity contribution < 1.29 is 5.11 Å². The standard InChI is InChI=1S/C8H15NO/c1-9-6-3-2-4-8(9)5-7-10/h5,10H,2-4,6-7H2,1H3/b8-5-. The summed E-state index contributed by atoms with van der Waals surface area (Å²) in [5.74, 6) is 0. The first-order chi connectivity index (χ1) is 4.84. The molecule has 0 aromatic carbocycles. The highest BCUT2D eigenvalue weighted by Crippen LogP contribution is 2.17. The second kappa shape index (κ2) is 3.62. The summed E-state index contributed by atoms with van der Waals surface area (Å²) in [6.45, 7) is 1.32. The fourth-order valence-electron chi connectivity index (χ4n) is 1.35. The number of rotatable bonds is 1. The fourth-order valence-corrected chi connectivity index (χ4v) is 1.35. The Morgan fingerprint density at radius 1 is 1.60 bits per heavy atom. The SMILES string of the molecule is CN1CCCC/C1=C/CO. The Hall–Kier alpha value is -0.500. The maximum Gasteiger partial charge on any atom is 0.0632 e. The molecule has 0 spiro atoms. The summed E-state index contributed by atoms with van der Waals surface area (Å²) in [4.78, 5) is 2.22. The van der Waals surface area contributed by atoms with Gasteiger partial charge in [-0.25, -0.2) is 0 Å². The Bertz CT molecular complexity index is 131. The van der Waals surface area contributed by atoms with E-state index in [-0.39, 0.29) is 6.61 Å². The molecule has 1 heterocycles. The van der Waals surface area contributed by atoms with Gasteiger partial charge in [0.2, 0.25) is 0 Å². The molecule has 1 saturated heterocycles. The van der Waals surface area contributed by atoms with Crippen molar-refractivity contribution >= 4 is 0 Å². The minimum Gasteiger partial charge on any atom is -0.392 e. The van der Waals surface area contributed by atoms with E-state index in [1.165, 1.54) is 18.5 Å². The molecule has 0 amide bonds. The van der Waals surface area contributed by atoms with Crippen LogP contribution in [0.15, 0.2) is 11.8 Å².